The van der Waals surface area contributed by atoms with E-state index < -0.39 is 47.9 Å². The SMILES string of the molecule is CC(NC(=O)C1CCCN1C(=O)C(Cc1ccc(O)cc1)NC(=O)C(N)C(C)C)C(=O)O. The molecule has 1 aliphatic heterocycles. The van der Waals surface area contributed by atoms with Gasteiger partial charge in [0.05, 0.1) is 6.04 Å². The Morgan fingerprint density at radius 2 is 1.75 bits per heavy atom. The number of carboxylic acid groups (broad SMARTS) is 1. The molecule has 1 fully saturated rings. The molecule has 1 heterocycles. The summed E-state index contributed by atoms with van der Waals surface area (Å²) >= 11 is 0. The number of carbonyl (C=O) groups is 4. The number of amides is 3. The normalized spacial score (nSPS) is 18.7. The first-order valence-corrected chi connectivity index (χ1v) is 10.7. The van der Waals surface area contributed by atoms with Gasteiger partial charge in [-0.15, -0.1) is 0 Å². The zero-order valence-electron chi connectivity index (χ0n) is 18.6. The van der Waals surface area contributed by atoms with E-state index in [1.54, 1.807) is 26.0 Å². The second-order valence-corrected chi connectivity index (χ2v) is 8.46. The van der Waals surface area contributed by atoms with Crippen LogP contribution in [0.2, 0.25) is 0 Å². The number of aromatic hydroxyl groups is 1. The lowest BCUT2D eigenvalue weighted by Gasteiger charge is -2.30. The van der Waals surface area contributed by atoms with Crippen LogP contribution in [0.1, 0.15) is 39.2 Å². The zero-order valence-corrected chi connectivity index (χ0v) is 18.6. The van der Waals surface area contributed by atoms with Gasteiger partial charge in [0.15, 0.2) is 0 Å². The van der Waals surface area contributed by atoms with E-state index in [4.69, 9.17) is 10.8 Å². The van der Waals surface area contributed by atoms with Gasteiger partial charge in [-0.25, -0.2) is 0 Å². The molecule has 0 bridgehead atoms. The second kappa shape index (κ2) is 10.9. The largest absolute Gasteiger partial charge is 0.508 e. The van der Waals surface area contributed by atoms with Gasteiger partial charge in [0.2, 0.25) is 17.7 Å². The van der Waals surface area contributed by atoms with Crippen molar-refractivity contribution in [2.24, 2.45) is 11.7 Å². The summed E-state index contributed by atoms with van der Waals surface area (Å²) in [5.74, 6) is -2.69. The van der Waals surface area contributed by atoms with E-state index in [2.05, 4.69) is 10.6 Å². The molecule has 6 N–H and O–H groups in total. The van der Waals surface area contributed by atoms with Crippen LogP contribution < -0.4 is 16.4 Å². The van der Waals surface area contributed by atoms with Crippen molar-refractivity contribution in [1.29, 1.82) is 0 Å². The Balaban J connectivity index is 2.22. The quantitative estimate of drug-likeness (QED) is 0.355. The third kappa shape index (κ3) is 6.43. The van der Waals surface area contributed by atoms with Gasteiger partial charge in [0.25, 0.3) is 0 Å². The van der Waals surface area contributed by atoms with Crippen molar-refractivity contribution < 1.29 is 29.4 Å². The summed E-state index contributed by atoms with van der Waals surface area (Å²) in [7, 11) is 0. The summed E-state index contributed by atoms with van der Waals surface area (Å²) in [4.78, 5) is 51.1. The summed E-state index contributed by atoms with van der Waals surface area (Å²) in [5, 5.41) is 23.7. The second-order valence-electron chi connectivity index (χ2n) is 8.46. The molecule has 1 aromatic rings. The molecule has 176 valence electrons. The molecular formula is C22H32N4O6. The van der Waals surface area contributed by atoms with Gasteiger partial charge in [-0.1, -0.05) is 26.0 Å². The molecule has 32 heavy (non-hydrogen) atoms. The molecule has 10 nitrogen and oxygen atoms in total. The maximum Gasteiger partial charge on any atom is 0.325 e. The monoisotopic (exact) mass is 448 g/mol. The molecule has 0 radical (unpaired) electrons. The topological polar surface area (TPSA) is 162 Å². The summed E-state index contributed by atoms with van der Waals surface area (Å²) in [6.45, 7) is 5.26. The number of phenolic OH excluding ortho intramolecular Hbond substituents is 1. The van der Waals surface area contributed by atoms with E-state index in [1.165, 1.54) is 24.0 Å². The molecule has 1 aromatic carbocycles. The van der Waals surface area contributed by atoms with Gasteiger partial charge in [-0.05, 0) is 43.4 Å². The van der Waals surface area contributed by atoms with E-state index in [1.807, 2.05) is 0 Å². The minimum atomic E-state index is -1.17. The molecule has 0 spiro atoms. The van der Waals surface area contributed by atoms with Crippen LogP contribution in [0.25, 0.3) is 0 Å². The molecular weight excluding hydrogens is 416 g/mol. The highest BCUT2D eigenvalue weighted by atomic mass is 16.4. The van der Waals surface area contributed by atoms with E-state index in [0.717, 1.165) is 0 Å². The number of hydrogen-bond acceptors (Lipinski definition) is 6. The number of aliphatic carboxylic acids is 1. The van der Waals surface area contributed by atoms with E-state index in [-0.39, 0.29) is 18.1 Å². The third-order valence-electron chi connectivity index (χ3n) is 5.58. The number of phenols is 1. The van der Waals surface area contributed by atoms with Crippen LogP contribution >= 0.6 is 0 Å². The lowest BCUT2D eigenvalue weighted by atomic mass is 10.0. The summed E-state index contributed by atoms with van der Waals surface area (Å²) in [5.41, 5.74) is 6.65. The highest BCUT2D eigenvalue weighted by Gasteiger charge is 2.38. The first-order valence-electron chi connectivity index (χ1n) is 10.7. The van der Waals surface area contributed by atoms with Gasteiger partial charge in [-0.3, -0.25) is 19.2 Å². The molecule has 1 aliphatic rings. The molecule has 10 heteroatoms. The van der Waals surface area contributed by atoms with Crippen LogP contribution in [-0.4, -0.2) is 69.5 Å². The van der Waals surface area contributed by atoms with E-state index in [9.17, 15) is 24.3 Å². The molecule has 4 atom stereocenters. The Morgan fingerprint density at radius 1 is 1.12 bits per heavy atom. The number of rotatable bonds is 9. The minimum absolute atomic E-state index is 0.0753. The van der Waals surface area contributed by atoms with Crippen LogP contribution in [0.4, 0.5) is 0 Å². The van der Waals surface area contributed by atoms with Crippen molar-refractivity contribution in [2.75, 3.05) is 6.54 Å². The van der Waals surface area contributed by atoms with Gasteiger partial charge < -0.3 is 31.5 Å². The fourth-order valence-corrected chi connectivity index (χ4v) is 3.51. The minimum Gasteiger partial charge on any atom is -0.508 e. The summed E-state index contributed by atoms with van der Waals surface area (Å²) in [6, 6.07) is 2.58. The molecule has 0 saturated carbocycles. The van der Waals surface area contributed by atoms with Crippen molar-refractivity contribution in [3.05, 3.63) is 29.8 Å². The van der Waals surface area contributed by atoms with E-state index >= 15 is 0 Å². The average Bonchev–Trinajstić information content (AvgIpc) is 3.23. The fraction of sp³-hybridized carbons (Fsp3) is 0.545. The highest BCUT2D eigenvalue weighted by Crippen LogP contribution is 2.21. The van der Waals surface area contributed by atoms with Crippen molar-refractivity contribution in [1.82, 2.24) is 15.5 Å². The van der Waals surface area contributed by atoms with Gasteiger partial charge >= 0.3 is 5.97 Å². The number of carboxylic acids is 1. The van der Waals surface area contributed by atoms with Crippen LogP contribution in [0.5, 0.6) is 5.75 Å². The number of nitrogens with zero attached hydrogens (tertiary/aromatic N) is 1. The Labute approximate surface area is 187 Å². The first kappa shape index (κ1) is 25.1. The van der Waals surface area contributed by atoms with Crippen LogP contribution in [0, 0.1) is 5.92 Å². The number of nitrogens with one attached hydrogen (secondary N) is 2. The van der Waals surface area contributed by atoms with Gasteiger partial charge in [0, 0.05) is 13.0 Å². The average molecular weight is 449 g/mol. The van der Waals surface area contributed by atoms with Crippen LogP contribution in [0.15, 0.2) is 24.3 Å². The lowest BCUT2D eigenvalue weighted by molar-refractivity contribution is -0.144. The highest BCUT2D eigenvalue weighted by molar-refractivity contribution is 5.94. The Bertz CT molecular complexity index is 841. The standard InChI is InChI=1S/C22H32N4O6/c1-12(2)18(23)20(29)25-16(11-14-6-8-15(27)9-7-14)21(30)26-10-4-5-17(26)19(28)24-13(3)22(31)32/h6-9,12-13,16-18,27H,4-5,10-11,23H2,1-3H3,(H,24,28)(H,25,29)(H,31,32). The van der Waals surface area contributed by atoms with Crippen molar-refractivity contribution >= 4 is 23.7 Å². The lowest BCUT2D eigenvalue weighted by Crippen LogP contribution is -2.57. The fourth-order valence-electron chi connectivity index (χ4n) is 3.51. The number of hydrogen-bond donors (Lipinski definition) is 5. The number of carbonyl (C=O) groups excluding carboxylic acids is 3. The van der Waals surface area contributed by atoms with Crippen LogP contribution in [-0.2, 0) is 25.6 Å². The van der Waals surface area contributed by atoms with Gasteiger partial charge in [-0.2, -0.15) is 0 Å². The van der Waals surface area contributed by atoms with Crippen molar-refractivity contribution in [3.8, 4) is 5.75 Å². The van der Waals surface area contributed by atoms with Crippen molar-refractivity contribution in [3.63, 3.8) is 0 Å². The third-order valence-corrected chi connectivity index (χ3v) is 5.58. The Hall–Kier alpha value is -3.14. The number of nitrogens with two attached hydrogens (primary N) is 1. The van der Waals surface area contributed by atoms with Crippen LogP contribution in [0.3, 0.4) is 0 Å². The zero-order chi connectivity index (χ0) is 24.0. The summed E-state index contributed by atoms with van der Waals surface area (Å²) < 4.78 is 0. The smallest absolute Gasteiger partial charge is 0.325 e. The number of likely N-dealkylation sites (tertiary alicyclic amines) is 1. The first-order chi connectivity index (χ1) is 15.0. The molecule has 0 aromatic heterocycles. The predicted octanol–water partition coefficient (Wildman–Crippen LogP) is -0.0169. The molecule has 2 rings (SSSR count). The molecule has 0 aliphatic carbocycles. The van der Waals surface area contributed by atoms with E-state index in [0.29, 0.717) is 24.9 Å². The molecule has 1 saturated heterocycles. The molecule has 3 amide bonds. The Kier molecular flexibility index (Phi) is 8.59. The Morgan fingerprint density at radius 3 is 2.31 bits per heavy atom. The van der Waals surface area contributed by atoms with Crippen molar-refractivity contribution in [2.45, 2.75) is 64.2 Å². The number of benzene rings is 1. The predicted molar refractivity (Wildman–Crippen MR) is 117 cm³/mol. The molecule has 4 unspecified atom stereocenters. The maximum absolute atomic E-state index is 13.4. The maximum atomic E-state index is 13.4. The summed E-state index contributed by atoms with van der Waals surface area (Å²) in [6.07, 6.45) is 1.12. The van der Waals surface area contributed by atoms with Gasteiger partial charge in [0.1, 0.15) is 23.9 Å².